The zero-order valence-electron chi connectivity index (χ0n) is 14.2. The highest BCUT2D eigenvalue weighted by Gasteiger charge is 2.11. The maximum absolute atomic E-state index is 11.8. The summed E-state index contributed by atoms with van der Waals surface area (Å²) in [5, 5.41) is 2.71. The van der Waals surface area contributed by atoms with Crippen LogP contribution in [0, 0.1) is 5.92 Å². The van der Waals surface area contributed by atoms with Crippen molar-refractivity contribution in [1.82, 2.24) is 5.32 Å². The fourth-order valence-corrected chi connectivity index (χ4v) is 1.91. The SMILES string of the molecule is COc1ccc(CC(=O)OCC(=O)NCCC(C)C)cc1OC. The van der Waals surface area contributed by atoms with Crippen molar-refractivity contribution >= 4 is 11.9 Å². The van der Waals surface area contributed by atoms with E-state index < -0.39 is 5.97 Å². The van der Waals surface area contributed by atoms with E-state index in [1.165, 1.54) is 7.11 Å². The van der Waals surface area contributed by atoms with Gasteiger partial charge >= 0.3 is 5.97 Å². The van der Waals surface area contributed by atoms with E-state index in [1.54, 1.807) is 25.3 Å². The van der Waals surface area contributed by atoms with Crippen LogP contribution in [0.15, 0.2) is 18.2 Å². The smallest absolute Gasteiger partial charge is 0.310 e. The van der Waals surface area contributed by atoms with Gasteiger partial charge in [0.15, 0.2) is 18.1 Å². The van der Waals surface area contributed by atoms with Gasteiger partial charge in [-0.15, -0.1) is 0 Å². The minimum absolute atomic E-state index is 0.0691. The first-order valence-electron chi connectivity index (χ1n) is 7.59. The lowest BCUT2D eigenvalue weighted by Gasteiger charge is -2.10. The molecule has 1 amide bonds. The molecule has 1 N–H and O–H groups in total. The van der Waals surface area contributed by atoms with Crippen molar-refractivity contribution in [1.29, 1.82) is 0 Å². The topological polar surface area (TPSA) is 73.9 Å². The summed E-state index contributed by atoms with van der Waals surface area (Å²) in [6, 6.07) is 5.19. The van der Waals surface area contributed by atoms with E-state index in [1.807, 2.05) is 0 Å². The van der Waals surface area contributed by atoms with Crippen LogP contribution < -0.4 is 14.8 Å². The van der Waals surface area contributed by atoms with Gasteiger partial charge in [0.1, 0.15) is 0 Å². The van der Waals surface area contributed by atoms with Gasteiger partial charge in [0.05, 0.1) is 20.6 Å². The fraction of sp³-hybridized carbons (Fsp3) is 0.529. The average molecular weight is 323 g/mol. The molecule has 0 unspecified atom stereocenters. The maximum Gasteiger partial charge on any atom is 0.310 e. The predicted molar refractivity (Wildman–Crippen MR) is 86.7 cm³/mol. The minimum Gasteiger partial charge on any atom is -0.493 e. The van der Waals surface area contributed by atoms with E-state index in [4.69, 9.17) is 14.2 Å². The van der Waals surface area contributed by atoms with E-state index in [0.717, 1.165) is 12.0 Å². The Balaban J connectivity index is 2.40. The molecule has 0 fully saturated rings. The summed E-state index contributed by atoms with van der Waals surface area (Å²) in [5.41, 5.74) is 0.730. The molecule has 0 saturated heterocycles. The average Bonchev–Trinajstić information content (AvgIpc) is 2.52. The molecule has 6 nitrogen and oxygen atoms in total. The summed E-state index contributed by atoms with van der Waals surface area (Å²) in [4.78, 5) is 23.3. The first kappa shape index (κ1) is 18.8. The molecule has 0 aliphatic carbocycles. The lowest BCUT2D eigenvalue weighted by Crippen LogP contribution is -2.30. The number of ether oxygens (including phenoxy) is 3. The van der Waals surface area contributed by atoms with Gasteiger partial charge in [0.25, 0.3) is 5.91 Å². The summed E-state index contributed by atoms with van der Waals surface area (Å²) in [6.07, 6.45) is 0.963. The van der Waals surface area contributed by atoms with Gasteiger partial charge in [-0.2, -0.15) is 0 Å². The van der Waals surface area contributed by atoms with Crippen LogP contribution in [0.25, 0.3) is 0 Å². The summed E-state index contributed by atoms with van der Waals surface area (Å²) < 4.78 is 15.3. The summed E-state index contributed by atoms with van der Waals surface area (Å²) >= 11 is 0. The fourth-order valence-electron chi connectivity index (χ4n) is 1.91. The van der Waals surface area contributed by atoms with Crippen LogP contribution in [-0.4, -0.2) is 39.2 Å². The van der Waals surface area contributed by atoms with Crippen molar-refractivity contribution in [2.75, 3.05) is 27.4 Å². The van der Waals surface area contributed by atoms with Crippen LogP contribution in [-0.2, 0) is 20.7 Å². The lowest BCUT2D eigenvalue weighted by molar-refractivity contribution is -0.147. The second-order valence-corrected chi connectivity index (χ2v) is 5.56. The molecule has 0 bridgehead atoms. The number of amides is 1. The number of hydrogen-bond acceptors (Lipinski definition) is 5. The molecule has 6 heteroatoms. The third-order valence-electron chi connectivity index (χ3n) is 3.20. The Morgan fingerprint density at radius 2 is 1.83 bits per heavy atom. The second-order valence-electron chi connectivity index (χ2n) is 5.56. The Hall–Kier alpha value is -2.24. The van der Waals surface area contributed by atoms with Gasteiger partial charge in [-0.05, 0) is 30.0 Å². The molecule has 0 heterocycles. The molecule has 0 spiro atoms. The van der Waals surface area contributed by atoms with Crippen LogP contribution >= 0.6 is 0 Å². The molecular weight excluding hydrogens is 298 g/mol. The third-order valence-corrected chi connectivity index (χ3v) is 3.20. The third kappa shape index (κ3) is 7.04. The predicted octanol–water partition coefficient (Wildman–Crippen LogP) is 1.95. The van der Waals surface area contributed by atoms with E-state index in [-0.39, 0.29) is 18.9 Å². The summed E-state index contributed by atoms with van der Waals surface area (Å²) in [5.74, 6) is 0.906. The number of methoxy groups -OCH3 is 2. The number of nitrogens with one attached hydrogen (secondary N) is 1. The zero-order valence-corrected chi connectivity index (χ0v) is 14.2. The van der Waals surface area contributed by atoms with Crippen LogP contribution in [0.4, 0.5) is 0 Å². The van der Waals surface area contributed by atoms with Gasteiger partial charge in [0.2, 0.25) is 0 Å². The van der Waals surface area contributed by atoms with E-state index in [0.29, 0.717) is 24.0 Å². The first-order valence-corrected chi connectivity index (χ1v) is 7.59. The van der Waals surface area contributed by atoms with Crippen LogP contribution in [0.1, 0.15) is 25.8 Å². The molecule has 0 radical (unpaired) electrons. The van der Waals surface area contributed by atoms with Gasteiger partial charge in [0, 0.05) is 6.54 Å². The highest BCUT2D eigenvalue weighted by Crippen LogP contribution is 2.27. The largest absolute Gasteiger partial charge is 0.493 e. The number of benzene rings is 1. The number of carbonyl (C=O) groups excluding carboxylic acids is 2. The van der Waals surface area contributed by atoms with Gasteiger partial charge in [-0.25, -0.2) is 0 Å². The zero-order chi connectivity index (χ0) is 17.2. The first-order chi connectivity index (χ1) is 11.0. The van der Waals surface area contributed by atoms with Crippen LogP contribution in [0.3, 0.4) is 0 Å². The number of carbonyl (C=O) groups is 2. The van der Waals surface area contributed by atoms with Crippen LogP contribution in [0.2, 0.25) is 0 Å². The Kier molecular flexibility index (Phi) is 7.94. The molecule has 0 atom stereocenters. The minimum atomic E-state index is -0.462. The summed E-state index contributed by atoms with van der Waals surface area (Å²) in [7, 11) is 3.07. The molecule has 0 aliphatic rings. The normalized spacial score (nSPS) is 10.3. The lowest BCUT2D eigenvalue weighted by atomic mass is 10.1. The Labute approximate surface area is 137 Å². The van der Waals surface area contributed by atoms with Crippen molar-refractivity contribution in [3.63, 3.8) is 0 Å². The van der Waals surface area contributed by atoms with E-state index in [9.17, 15) is 9.59 Å². The van der Waals surface area contributed by atoms with Crippen LogP contribution in [0.5, 0.6) is 11.5 Å². The quantitative estimate of drug-likeness (QED) is 0.703. The Morgan fingerprint density at radius 1 is 1.13 bits per heavy atom. The van der Waals surface area contributed by atoms with Gasteiger partial charge in [-0.1, -0.05) is 19.9 Å². The number of hydrogen-bond donors (Lipinski definition) is 1. The molecule has 0 saturated carbocycles. The highest BCUT2D eigenvalue weighted by molar-refractivity contribution is 5.81. The molecular formula is C17H25NO5. The number of esters is 1. The second kappa shape index (κ2) is 9.71. The molecule has 0 aromatic heterocycles. The van der Waals surface area contributed by atoms with Crippen molar-refractivity contribution in [3.05, 3.63) is 23.8 Å². The van der Waals surface area contributed by atoms with E-state index >= 15 is 0 Å². The molecule has 0 aliphatic heterocycles. The van der Waals surface area contributed by atoms with Gasteiger partial charge in [-0.3, -0.25) is 9.59 Å². The molecule has 1 aromatic carbocycles. The molecule has 128 valence electrons. The molecule has 1 aromatic rings. The van der Waals surface area contributed by atoms with Crippen molar-refractivity contribution in [3.8, 4) is 11.5 Å². The molecule has 23 heavy (non-hydrogen) atoms. The van der Waals surface area contributed by atoms with Crippen molar-refractivity contribution in [2.24, 2.45) is 5.92 Å². The molecule has 1 rings (SSSR count). The monoisotopic (exact) mass is 323 g/mol. The van der Waals surface area contributed by atoms with E-state index in [2.05, 4.69) is 19.2 Å². The van der Waals surface area contributed by atoms with Crippen molar-refractivity contribution < 1.29 is 23.8 Å². The van der Waals surface area contributed by atoms with Gasteiger partial charge < -0.3 is 19.5 Å². The Bertz CT molecular complexity index is 528. The summed E-state index contributed by atoms with van der Waals surface area (Å²) in [6.45, 7) is 4.48. The highest BCUT2D eigenvalue weighted by atomic mass is 16.5. The Morgan fingerprint density at radius 3 is 2.43 bits per heavy atom. The maximum atomic E-state index is 11.8. The number of rotatable bonds is 9. The standard InChI is InChI=1S/C17H25NO5/c1-12(2)7-8-18-16(19)11-23-17(20)10-13-5-6-14(21-3)15(9-13)22-4/h5-6,9,12H,7-8,10-11H2,1-4H3,(H,18,19). The van der Waals surface area contributed by atoms with Crippen molar-refractivity contribution in [2.45, 2.75) is 26.7 Å².